The topological polar surface area (TPSA) is 43.4 Å². The summed E-state index contributed by atoms with van der Waals surface area (Å²) in [5.41, 5.74) is 0.0163. The van der Waals surface area contributed by atoms with Gasteiger partial charge in [-0.1, -0.05) is 36.2 Å². The standard InChI is InChI=1S/C10H8Cl2O3/c1-2-8(13)15-10(14)9-6(11)4-3-5-7(9)12/h3-5H,2H2,1H3. The molecule has 0 aliphatic heterocycles. The van der Waals surface area contributed by atoms with Crippen LogP contribution in [0, 0.1) is 0 Å². The summed E-state index contributed by atoms with van der Waals surface area (Å²) in [6.07, 6.45) is 0.119. The lowest BCUT2D eigenvalue weighted by Crippen LogP contribution is -2.12. The first kappa shape index (κ1) is 12.0. The maximum absolute atomic E-state index is 11.4. The highest BCUT2D eigenvalue weighted by molar-refractivity contribution is 6.39. The maximum Gasteiger partial charge on any atom is 0.348 e. The van der Waals surface area contributed by atoms with Crippen LogP contribution in [0.25, 0.3) is 0 Å². The second-order valence-corrected chi connectivity index (χ2v) is 3.53. The van der Waals surface area contributed by atoms with Crippen LogP contribution in [-0.2, 0) is 9.53 Å². The first-order chi connectivity index (χ1) is 7.06. The third-order valence-electron chi connectivity index (χ3n) is 1.66. The molecule has 0 spiro atoms. The van der Waals surface area contributed by atoms with Crippen molar-refractivity contribution in [1.29, 1.82) is 0 Å². The molecule has 0 amide bonds. The van der Waals surface area contributed by atoms with E-state index in [1.165, 1.54) is 12.1 Å². The van der Waals surface area contributed by atoms with Gasteiger partial charge >= 0.3 is 11.9 Å². The molecule has 0 bridgehead atoms. The number of halogens is 2. The Bertz CT molecular complexity index is 381. The molecule has 0 saturated heterocycles. The lowest BCUT2D eigenvalue weighted by atomic mass is 10.2. The van der Waals surface area contributed by atoms with Crippen LogP contribution in [0.1, 0.15) is 23.7 Å². The Morgan fingerprint density at radius 1 is 1.27 bits per heavy atom. The van der Waals surface area contributed by atoms with Gasteiger partial charge in [-0.3, -0.25) is 4.79 Å². The van der Waals surface area contributed by atoms with Crippen molar-refractivity contribution in [3.63, 3.8) is 0 Å². The number of rotatable bonds is 2. The molecule has 1 aromatic rings. The molecule has 0 aromatic heterocycles. The zero-order chi connectivity index (χ0) is 11.4. The number of hydrogen-bond acceptors (Lipinski definition) is 3. The van der Waals surface area contributed by atoms with Gasteiger partial charge in [-0.15, -0.1) is 0 Å². The third-order valence-corrected chi connectivity index (χ3v) is 2.29. The molecule has 0 radical (unpaired) electrons. The quantitative estimate of drug-likeness (QED) is 0.595. The highest BCUT2D eigenvalue weighted by Gasteiger charge is 2.18. The predicted molar refractivity (Wildman–Crippen MR) is 57.2 cm³/mol. The fourth-order valence-electron chi connectivity index (χ4n) is 0.919. The lowest BCUT2D eigenvalue weighted by molar-refractivity contribution is -0.137. The number of carbonyl (C=O) groups is 2. The van der Waals surface area contributed by atoms with Crippen molar-refractivity contribution >= 4 is 35.1 Å². The van der Waals surface area contributed by atoms with Crippen molar-refractivity contribution < 1.29 is 14.3 Å². The van der Waals surface area contributed by atoms with Crippen LogP contribution in [0.15, 0.2) is 18.2 Å². The number of esters is 2. The summed E-state index contributed by atoms with van der Waals surface area (Å²) in [7, 11) is 0. The Hall–Kier alpha value is -1.06. The fraction of sp³-hybridized carbons (Fsp3) is 0.200. The molecular weight excluding hydrogens is 239 g/mol. The van der Waals surface area contributed by atoms with Crippen LogP contribution < -0.4 is 0 Å². The van der Waals surface area contributed by atoms with Crippen molar-refractivity contribution in [3.8, 4) is 0 Å². The minimum absolute atomic E-state index is 0.0163. The second kappa shape index (κ2) is 5.14. The van der Waals surface area contributed by atoms with Gasteiger partial charge in [0.25, 0.3) is 0 Å². The molecule has 0 N–H and O–H groups in total. The van der Waals surface area contributed by atoms with E-state index < -0.39 is 11.9 Å². The smallest absolute Gasteiger partial charge is 0.348 e. The van der Waals surface area contributed by atoms with Crippen molar-refractivity contribution in [2.75, 3.05) is 0 Å². The van der Waals surface area contributed by atoms with Gasteiger partial charge < -0.3 is 4.74 Å². The van der Waals surface area contributed by atoms with E-state index in [1.807, 2.05) is 0 Å². The summed E-state index contributed by atoms with van der Waals surface area (Å²) >= 11 is 11.5. The summed E-state index contributed by atoms with van der Waals surface area (Å²) in [5.74, 6) is -1.44. The van der Waals surface area contributed by atoms with Gasteiger partial charge in [0.2, 0.25) is 0 Å². The van der Waals surface area contributed by atoms with E-state index in [9.17, 15) is 9.59 Å². The number of benzene rings is 1. The predicted octanol–water partition coefficient (Wildman–Crippen LogP) is 3.09. The minimum Gasteiger partial charge on any atom is -0.389 e. The van der Waals surface area contributed by atoms with E-state index in [4.69, 9.17) is 23.2 Å². The van der Waals surface area contributed by atoms with E-state index in [1.54, 1.807) is 13.0 Å². The van der Waals surface area contributed by atoms with Crippen LogP contribution in [0.2, 0.25) is 10.0 Å². The molecule has 0 unspecified atom stereocenters. The molecule has 1 rings (SSSR count). The zero-order valence-corrected chi connectivity index (χ0v) is 9.43. The van der Waals surface area contributed by atoms with Crippen molar-refractivity contribution in [1.82, 2.24) is 0 Å². The molecule has 0 fully saturated rings. The highest BCUT2D eigenvalue weighted by Crippen LogP contribution is 2.24. The molecule has 15 heavy (non-hydrogen) atoms. The van der Waals surface area contributed by atoms with Gasteiger partial charge in [-0.05, 0) is 12.1 Å². The van der Waals surface area contributed by atoms with E-state index in [0.29, 0.717) is 0 Å². The summed E-state index contributed by atoms with van der Waals surface area (Å²) < 4.78 is 4.50. The van der Waals surface area contributed by atoms with Gasteiger partial charge in [0.15, 0.2) is 0 Å². The monoisotopic (exact) mass is 246 g/mol. The van der Waals surface area contributed by atoms with Gasteiger partial charge in [0.05, 0.1) is 15.6 Å². The molecular formula is C10H8Cl2O3. The Morgan fingerprint density at radius 3 is 2.27 bits per heavy atom. The van der Waals surface area contributed by atoms with E-state index >= 15 is 0 Å². The Kier molecular flexibility index (Phi) is 4.12. The van der Waals surface area contributed by atoms with E-state index in [2.05, 4.69) is 4.74 Å². The molecule has 0 atom stereocenters. The van der Waals surface area contributed by atoms with Crippen molar-refractivity contribution in [2.45, 2.75) is 13.3 Å². The molecule has 3 nitrogen and oxygen atoms in total. The van der Waals surface area contributed by atoms with Crippen molar-refractivity contribution in [3.05, 3.63) is 33.8 Å². The van der Waals surface area contributed by atoms with Crippen LogP contribution in [-0.4, -0.2) is 11.9 Å². The van der Waals surface area contributed by atoms with Crippen LogP contribution in [0.5, 0.6) is 0 Å². The number of carbonyl (C=O) groups excluding carboxylic acids is 2. The summed E-state index contributed by atoms with van der Waals surface area (Å²) in [6.45, 7) is 1.59. The molecule has 1 aromatic carbocycles. The fourth-order valence-corrected chi connectivity index (χ4v) is 1.47. The van der Waals surface area contributed by atoms with Gasteiger partial charge in [0.1, 0.15) is 0 Å². The SMILES string of the molecule is CCC(=O)OC(=O)c1c(Cl)cccc1Cl. The molecule has 5 heteroatoms. The van der Waals surface area contributed by atoms with Gasteiger partial charge in [0, 0.05) is 6.42 Å². The summed E-state index contributed by atoms with van der Waals surface area (Å²) in [5, 5.41) is 0.327. The van der Waals surface area contributed by atoms with E-state index in [0.717, 1.165) is 0 Å². The number of ether oxygens (including phenoxy) is 1. The average molecular weight is 247 g/mol. The summed E-state index contributed by atoms with van der Waals surface area (Å²) in [4.78, 5) is 22.3. The second-order valence-electron chi connectivity index (χ2n) is 2.71. The van der Waals surface area contributed by atoms with Crippen molar-refractivity contribution in [2.24, 2.45) is 0 Å². The molecule has 0 saturated carbocycles. The normalized spacial score (nSPS) is 9.80. The Labute approximate surface area is 96.9 Å². The zero-order valence-electron chi connectivity index (χ0n) is 7.92. The maximum atomic E-state index is 11.4. The first-order valence-corrected chi connectivity index (χ1v) is 5.01. The average Bonchev–Trinajstić information content (AvgIpc) is 2.17. The van der Waals surface area contributed by atoms with Gasteiger partial charge in [-0.2, -0.15) is 0 Å². The first-order valence-electron chi connectivity index (χ1n) is 4.25. The largest absolute Gasteiger partial charge is 0.389 e. The molecule has 0 aliphatic carbocycles. The Balaban J connectivity index is 2.96. The third kappa shape index (κ3) is 2.94. The molecule has 0 heterocycles. The van der Waals surface area contributed by atoms with Crippen LogP contribution in [0.3, 0.4) is 0 Å². The number of hydrogen-bond donors (Lipinski definition) is 0. The highest BCUT2D eigenvalue weighted by atomic mass is 35.5. The Morgan fingerprint density at radius 2 is 1.80 bits per heavy atom. The summed E-state index contributed by atoms with van der Waals surface area (Å²) in [6, 6.07) is 4.60. The molecule has 80 valence electrons. The molecule has 0 aliphatic rings. The lowest BCUT2D eigenvalue weighted by Gasteiger charge is -2.04. The van der Waals surface area contributed by atoms with Crippen LogP contribution >= 0.6 is 23.2 Å². The van der Waals surface area contributed by atoms with Gasteiger partial charge in [-0.25, -0.2) is 4.79 Å². The minimum atomic E-state index is -0.822. The van der Waals surface area contributed by atoms with Crippen LogP contribution in [0.4, 0.5) is 0 Å². The van der Waals surface area contributed by atoms with E-state index in [-0.39, 0.29) is 22.0 Å².